The number of amides is 3. The first-order valence-corrected chi connectivity index (χ1v) is 20.8. The molecule has 3 amide bonds. The lowest BCUT2D eigenvalue weighted by molar-refractivity contribution is -0.149. The van der Waals surface area contributed by atoms with Crippen molar-refractivity contribution in [2.75, 3.05) is 39.6 Å². The summed E-state index contributed by atoms with van der Waals surface area (Å²) in [6.07, 6.45) is -3.28. The Labute approximate surface area is 362 Å². The number of nitrogens with one attached hydrogen (secondary N) is 3. The second-order valence-electron chi connectivity index (χ2n) is 13.2. The highest BCUT2D eigenvalue weighted by Gasteiger charge is 2.27. The van der Waals surface area contributed by atoms with Crippen LogP contribution in [0.3, 0.4) is 0 Å². The van der Waals surface area contributed by atoms with Crippen LogP contribution in [0.2, 0.25) is 0 Å². The maximum absolute atomic E-state index is 13.7. The van der Waals surface area contributed by atoms with E-state index in [0.717, 1.165) is 0 Å². The number of hydrogen-bond donors (Lipinski definition) is 3. The molecule has 0 unspecified atom stereocenters. The summed E-state index contributed by atoms with van der Waals surface area (Å²) < 4.78 is 31.1. The minimum Gasteiger partial charge on any atom is -0.466 e. The average molecular weight is 901 g/mol. The first-order chi connectivity index (χ1) is 30.0. The maximum atomic E-state index is 13.7. The molecule has 1 heterocycles. The molecular formula is C39H60N6O18. The highest BCUT2D eigenvalue weighted by atomic mass is 16.6. The summed E-state index contributed by atoms with van der Waals surface area (Å²) in [7, 11) is 0. The first kappa shape index (κ1) is 54.7. The molecule has 0 aliphatic heterocycles. The number of carbonyl (C=O) groups excluding carboxylic acids is 9. The Hall–Kier alpha value is -6.36. The second kappa shape index (κ2) is 29.8. The van der Waals surface area contributed by atoms with Gasteiger partial charge in [-0.05, 0) is 60.8 Å². The Kier molecular flexibility index (Phi) is 25.9. The largest absolute Gasteiger partial charge is 0.466 e. The molecule has 1 aromatic rings. The standard InChI is InChI=1S/C39H60N6O18/c1-7-58-31(49)16-13-25(34(52)61-10-4)40-28(46)19-22-43-37(55)44(23-20-29(47)41-26(35(53)62-11-5)14-17-32(50)59-8-2)39(57)45(38(43)56)24-21-30(48)42-27(36(54)63-12-6)15-18-33(51)60-9-3/h25-27H,7-24H2,1-6H3,(H,40,46)(H,41,47)(H,42,48)/t25-,26-,27-/m0/s1. The van der Waals surface area contributed by atoms with E-state index in [1.807, 2.05) is 0 Å². The summed E-state index contributed by atoms with van der Waals surface area (Å²) >= 11 is 0. The minimum atomic E-state index is -1.31. The van der Waals surface area contributed by atoms with Gasteiger partial charge in [0.2, 0.25) is 17.7 Å². The molecule has 0 fully saturated rings. The van der Waals surface area contributed by atoms with Crippen molar-refractivity contribution < 1.29 is 71.6 Å². The van der Waals surface area contributed by atoms with Gasteiger partial charge in [-0.25, -0.2) is 42.5 Å². The quantitative estimate of drug-likeness (QED) is 0.0585. The van der Waals surface area contributed by atoms with Gasteiger partial charge in [0.25, 0.3) is 0 Å². The fourth-order valence-corrected chi connectivity index (χ4v) is 5.66. The maximum Gasteiger partial charge on any atom is 0.336 e. The lowest BCUT2D eigenvalue weighted by Gasteiger charge is -2.19. The van der Waals surface area contributed by atoms with E-state index in [-0.39, 0.29) is 78.2 Å². The second-order valence-corrected chi connectivity index (χ2v) is 13.2. The molecule has 0 aromatic carbocycles. The highest BCUT2D eigenvalue weighted by Crippen LogP contribution is 2.06. The van der Waals surface area contributed by atoms with Gasteiger partial charge >= 0.3 is 52.9 Å². The van der Waals surface area contributed by atoms with Crippen LogP contribution in [0.15, 0.2) is 14.4 Å². The van der Waals surface area contributed by atoms with Crippen LogP contribution in [0.5, 0.6) is 0 Å². The van der Waals surface area contributed by atoms with Crippen molar-refractivity contribution in [1.29, 1.82) is 0 Å². The van der Waals surface area contributed by atoms with Crippen LogP contribution < -0.4 is 33.0 Å². The molecule has 0 aliphatic rings. The van der Waals surface area contributed by atoms with Crippen LogP contribution in [-0.2, 0) is 91.2 Å². The summed E-state index contributed by atoms with van der Waals surface area (Å²) in [6.45, 7) is 7.35. The van der Waals surface area contributed by atoms with Crippen LogP contribution in [0.4, 0.5) is 0 Å². The number of hydrogen-bond acceptors (Lipinski definition) is 18. The number of aromatic nitrogens is 3. The van der Waals surface area contributed by atoms with E-state index in [2.05, 4.69) is 16.0 Å². The summed E-state index contributed by atoms with van der Waals surface area (Å²) in [6, 6.07) is -3.94. The van der Waals surface area contributed by atoms with Gasteiger partial charge in [-0.1, -0.05) is 0 Å². The van der Waals surface area contributed by atoms with Crippen LogP contribution in [0, 0.1) is 0 Å². The smallest absolute Gasteiger partial charge is 0.336 e. The van der Waals surface area contributed by atoms with Crippen molar-refractivity contribution in [3.05, 3.63) is 31.5 Å². The van der Waals surface area contributed by atoms with Crippen molar-refractivity contribution in [3.63, 3.8) is 0 Å². The fourth-order valence-electron chi connectivity index (χ4n) is 5.66. The zero-order valence-corrected chi connectivity index (χ0v) is 36.7. The van der Waals surface area contributed by atoms with Gasteiger partial charge < -0.3 is 44.4 Å². The molecule has 24 heteroatoms. The third-order valence-corrected chi connectivity index (χ3v) is 8.62. The van der Waals surface area contributed by atoms with E-state index >= 15 is 0 Å². The molecule has 3 atom stereocenters. The van der Waals surface area contributed by atoms with Crippen molar-refractivity contribution >= 4 is 53.5 Å². The van der Waals surface area contributed by atoms with Crippen LogP contribution in [-0.4, -0.2) is 125 Å². The normalized spacial score (nSPS) is 12.1. The lowest BCUT2D eigenvalue weighted by atomic mass is 10.1. The molecule has 1 rings (SSSR count). The van der Waals surface area contributed by atoms with Gasteiger partial charge in [0.1, 0.15) is 18.1 Å². The number of esters is 6. The number of rotatable bonds is 30. The predicted molar refractivity (Wildman–Crippen MR) is 216 cm³/mol. The van der Waals surface area contributed by atoms with Crippen molar-refractivity contribution in [1.82, 2.24) is 29.7 Å². The molecule has 1 aromatic heterocycles. The predicted octanol–water partition coefficient (Wildman–Crippen LogP) is -1.48. The van der Waals surface area contributed by atoms with Crippen LogP contribution in [0.25, 0.3) is 0 Å². The highest BCUT2D eigenvalue weighted by molar-refractivity contribution is 5.86. The van der Waals surface area contributed by atoms with Gasteiger partial charge in [-0.2, -0.15) is 0 Å². The minimum absolute atomic E-state index is 0.0503. The molecule has 0 spiro atoms. The van der Waals surface area contributed by atoms with E-state index in [9.17, 15) is 57.5 Å². The van der Waals surface area contributed by atoms with E-state index in [4.69, 9.17) is 28.4 Å². The number of nitrogens with zero attached hydrogens (tertiary/aromatic N) is 3. The van der Waals surface area contributed by atoms with Crippen LogP contribution in [0.1, 0.15) is 99.3 Å². The monoisotopic (exact) mass is 900 g/mol. The topological polar surface area (TPSA) is 311 Å². The van der Waals surface area contributed by atoms with Crippen molar-refractivity contribution in [2.45, 2.75) is 137 Å². The molecule has 0 radical (unpaired) electrons. The van der Waals surface area contributed by atoms with Crippen molar-refractivity contribution in [3.8, 4) is 0 Å². The molecule has 0 aliphatic carbocycles. The first-order valence-electron chi connectivity index (χ1n) is 20.8. The summed E-state index contributed by atoms with van der Waals surface area (Å²) in [4.78, 5) is 154. The summed E-state index contributed by atoms with van der Waals surface area (Å²) in [5, 5.41) is 7.19. The lowest BCUT2D eigenvalue weighted by Crippen LogP contribution is -2.55. The van der Waals surface area contributed by atoms with Gasteiger partial charge in [-0.3, -0.25) is 28.8 Å². The molecule has 0 saturated carbocycles. The van der Waals surface area contributed by atoms with Gasteiger partial charge in [0, 0.05) is 58.2 Å². The molecule has 354 valence electrons. The van der Waals surface area contributed by atoms with E-state index < -0.39 is 128 Å². The third kappa shape index (κ3) is 19.9. The third-order valence-electron chi connectivity index (χ3n) is 8.62. The number of carbonyl (C=O) groups is 9. The van der Waals surface area contributed by atoms with Crippen LogP contribution >= 0.6 is 0 Å². The summed E-state index contributed by atoms with van der Waals surface area (Å²) in [5.41, 5.74) is -3.79. The van der Waals surface area contributed by atoms with E-state index in [0.29, 0.717) is 13.7 Å². The summed E-state index contributed by atoms with van der Waals surface area (Å²) in [5.74, 6) is -7.12. The van der Waals surface area contributed by atoms with Gasteiger partial charge in [0.05, 0.1) is 39.6 Å². The molecule has 0 saturated heterocycles. The molecule has 24 nitrogen and oxygen atoms in total. The molecule has 3 N–H and O–H groups in total. The SMILES string of the molecule is CCOC(=O)CC[C@H](NC(=O)CCn1c(=O)n(CCC(=O)N[C@@H](CCC(=O)OCC)C(=O)OCC)c(=O)n(CCC(=O)N[C@@H](CCC(=O)OCC)C(=O)OCC)c1=O)C(=O)OCC. The molecule has 0 bridgehead atoms. The van der Waals surface area contributed by atoms with E-state index in [1.54, 1.807) is 20.8 Å². The van der Waals surface area contributed by atoms with E-state index in [1.165, 1.54) is 20.8 Å². The average Bonchev–Trinajstić information content (AvgIpc) is 3.22. The Bertz CT molecular complexity index is 1680. The van der Waals surface area contributed by atoms with Crippen molar-refractivity contribution in [2.24, 2.45) is 0 Å². The zero-order valence-electron chi connectivity index (χ0n) is 36.7. The van der Waals surface area contributed by atoms with Gasteiger partial charge in [-0.15, -0.1) is 0 Å². The van der Waals surface area contributed by atoms with Gasteiger partial charge in [0.15, 0.2) is 0 Å². The molecular weight excluding hydrogens is 840 g/mol. The Morgan fingerprint density at radius 1 is 0.381 bits per heavy atom. The fraction of sp³-hybridized carbons (Fsp3) is 0.692. The molecule has 63 heavy (non-hydrogen) atoms. The zero-order chi connectivity index (χ0) is 47.5. The number of ether oxygens (including phenoxy) is 6. The Morgan fingerprint density at radius 2 is 0.603 bits per heavy atom. The Morgan fingerprint density at radius 3 is 0.810 bits per heavy atom. The Balaban J connectivity index is 3.52.